The number of benzene rings is 1. The molecule has 1 amide bonds. The normalized spacial score (nSPS) is 11.6. The van der Waals surface area contributed by atoms with Gasteiger partial charge < -0.3 is 10.6 Å². The molecule has 1 unspecified atom stereocenters. The second kappa shape index (κ2) is 5.35. The summed E-state index contributed by atoms with van der Waals surface area (Å²) in [6.45, 7) is 3.71. The van der Waals surface area contributed by atoms with E-state index in [1.807, 2.05) is 13.8 Å². The number of anilines is 1. The van der Waals surface area contributed by atoms with Gasteiger partial charge in [0.05, 0.1) is 12.5 Å². The maximum absolute atomic E-state index is 12.2. The highest BCUT2D eigenvalue weighted by atomic mass is 16.2. The Morgan fingerprint density at radius 1 is 1.59 bits per heavy atom. The summed E-state index contributed by atoms with van der Waals surface area (Å²) in [6, 6.07) is 7.18. The minimum Gasteiger partial charge on any atom is -0.399 e. The topological polar surface area (TPSA) is 70.1 Å². The molecule has 2 N–H and O–H groups in total. The number of hydrogen-bond donors (Lipinski definition) is 1. The molecule has 0 fully saturated rings. The van der Waals surface area contributed by atoms with Gasteiger partial charge >= 0.3 is 0 Å². The molecule has 0 saturated heterocycles. The van der Waals surface area contributed by atoms with E-state index in [0.29, 0.717) is 17.7 Å². The molecule has 1 atom stereocenters. The first kappa shape index (κ1) is 13.0. The van der Waals surface area contributed by atoms with E-state index in [9.17, 15) is 4.79 Å². The Morgan fingerprint density at radius 2 is 2.24 bits per heavy atom. The number of nitrogens with zero attached hydrogens (tertiary/aromatic N) is 2. The van der Waals surface area contributed by atoms with Crippen molar-refractivity contribution < 1.29 is 4.79 Å². The minimum absolute atomic E-state index is 0.0785. The zero-order valence-corrected chi connectivity index (χ0v) is 10.4. The molecule has 0 aliphatic rings. The summed E-state index contributed by atoms with van der Waals surface area (Å²) in [7, 11) is 1.71. The maximum Gasteiger partial charge on any atom is 0.254 e. The van der Waals surface area contributed by atoms with Crippen molar-refractivity contribution in [2.24, 2.45) is 0 Å². The third-order valence-corrected chi connectivity index (χ3v) is 2.85. The van der Waals surface area contributed by atoms with Crippen LogP contribution >= 0.6 is 0 Å². The SMILES string of the molecule is Cc1cc(N)ccc1C(=O)N(C)C(C)CC#N. The van der Waals surface area contributed by atoms with Crippen molar-refractivity contribution in [3.05, 3.63) is 29.3 Å². The molecule has 17 heavy (non-hydrogen) atoms. The van der Waals surface area contributed by atoms with Gasteiger partial charge in [-0.05, 0) is 37.6 Å². The van der Waals surface area contributed by atoms with Crippen molar-refractivity contribution in [3.63, 3.8) is 0 Å². The average molecular weight is 231 g/mol. The fourth-order valence-electron chi connectivity index (χ4n) is 1.59. The van der Waals surface area contributed by atoms with E-state index in [1.165, 1.54) is 0 Å². The molecule has 0 bridgehead atoms. The largest absolute Gasteiger partial charge is 0.399 e. The van der Waals surface area contributed by atoms with E-state index in [0.717, 1.165) is 5.56 Å². The summed E-state index contributed by atoms with van der Waals surface area (Å²) in [5.41, 5.74) is 7.77. The van der Waals surface area contributed by atoms with Crippen LogP contribution in [0.4, 0.5) is 5.69 Å². The third-order valence-electron chi connectivity index (χ3n) is 2.85. The average Bonchev–Trinajstić information content (AvgIpc) is 2.27. The summed E-state index contributed by atoms with van der Waals surface area (Å²) in [5.74, 6) is -0.0785. The van der Waals surface area contributed by atoms with Crippen molar-refractivity contribution in [2.45, 2.75) is 26.3 Å². The van der Waals surface area contributed by atoms with E-state index in [-0.39, 0.29) is 11.9 Å². The van der Waals surface area contributed by atoms with E-state index in [4.69, 9.17) is 11.0 Å². The van der Waals surface area contributed by atoms with Crippen LogP contribution in [0.1, 0.15) is 29.3 Å². The van der Waals surface area contributed by atoms with E-state index < -0.39 is 0 Å². The van der Waals surface area contributed by atoms with Gasteiger partial charge in [-0.2, -0.15) is 5.26 Å². The fourth-order valence-corrected chi connectivity index (χ4v) is 1.59. The maximum atomic E-state index is 12.2. The van der Waals surface area contributed by atoms with Gasteiger partial charge in [-0.3, -0.25) is 4.79 Å². The highest BCUT2D eigenvalue weighted by Crippen LogP contribution is 2.15. The fraction of sp³-hybridized carbons (Fsp3) is 0.385. The molecule has 0 aliphatic heterocycles. The van der Waals surface area contributed by atoms with Crippen molar-refractivity contribution in [2.75, 3.05) is 12.8 Å². The first-order chi connectivity index (χ1) is 7.97. The Hall–Kier alpha value is -2.02. The molecule has 4 heteroatoms. The highest BCUT2D eigenvalue weighted by molar-refractivity contribution is 5.96. The van der Waals surface area contributed by atoms with Crippen molar-refractivity contribution in [1.82, 2.24) is 4.90 Å². The number of nitriles is 1. The molecule has 0 saturated carbocycles. The summed E-state index contributed by atoms with van der Waals surface area (Å²) in [5, 5.41) is 8.62. The zero-order valence-electron chi connectivity index (χ0n) is 10.4. The number of hydrogen-bond acceptors (Lipinski definition) is 3. The number of carbonyl (C=O) groups is 1. The van der Waals surface area contributed by atoms with Gasteiger partial charge in [-0.1, -0.05) is 0 Å². The van der Waals surface area contributed by atoms with Crippen LogP contribution in [0, 0.1) is 18.3 Å². The monoisotopic (exact) mass is 231 g/mol. The molecule has 90 valence electrons. The molecular formula is C13H17N3O. The van der Waals surface area contributed by atoms with Crippen molar-refractivity contribution >= 4 is 11.6 Å². The number of nitrogens with two attached hydrogens (primary N) is 1. The van der Waals surface area contributed by atoms with E-state index >= 15 is 0 Å². The van der Waals surface area contributed by atoms with Gasteiger partial charge in [-0.25, -0.2) is 0 Å². The highest BCUT2D eigenvalue weighted by Gasteiger charge is 2.18. The lowest BCUT2D eigenvalue weighted by Gasteiger charge is -2.23. The lowest BCUT2D eigenvalue weighted by atomic mass is 10.1. The summed E-state index contributed by atoms with van der Waals surface area (Å²) >= 11 is 0. The van der Waals surface area contributed by atoms with Crippen molar-refractivity contribution in [1.29, 1.82) is 5.26 Å². The molecule has 1 aromatic rings. The molecule has 0 spiro atoms. The molecule has 1 rings (SSSR count). The van der Waals surface area contributed by atoms with Crippen LogP contribution in [0.2, 0.25) is 0 Å². The van der Waals surface area contributed by atoms with E-state index in [1.54, 1.807) is 30.1 Å². The van der Waals surface area contributed by atoms with Gasteiger partial charge in [0.15, 0.2) is 0 Å². The van der Waals surface area contributed by atoms with Gasteiger partial charge in [0.2, 0.25) is 0 Å². The summed E-state index contributed by atoms with van der Waals surface area (Å²) < 4.78 is 0. The predicted octanol–water partition coefficient (Wildman–Crippen LogP) is 1.95. The van der Waals surface area contributed by atoms with Crippen LogP contribution in [-0.2, 0) is 0 Å². The first-order valence-corrected chi connectivity index (χ1v) is 5.47. The van der Waals surface area contributed by atoms with Crippen molar-refractivity contribution in [3.8, 4) is 6.07 Å². The smallest absolute Gasteiger partial charge is 0.254 e. The van der Waals surface area contributed by atoms with E-state index in [2.05, 4.69) is 6.07 Å². The first-order valence-electron chi connectivity index (χ1n) is 5.47. The van der Waals surface area contributed by atoms with Crippen LogP contribution in [0.15, 0.2) is 18.2 Å². The Labute approximate surface area is 102 Å². The second-order valence-corrected chi connectivity index (χ2v) is 4.20. The van der Waals surface area contributed by atoms with Crippen LogP contribution in [-0.4, -0.2) is 23.9 Å². The lowest BCUT2D eigenvalue weighted by molar-refractivity contribution is 0.0745. The Morgan fingerprint density at radius 3 is 2.76 bits per heavy atom. The van der Waals surface area contributed by atoms with Gasteiger partial charge in [0.1, 0.15) is 0 Å². The van der Waals surface area contributed by atoms with Gasteiger partial charge in [-0.15, -0.1) is 0 Å². The molecule has 4 nitrogen and oxygen atoms in total. The van der Waals surface area contributed by atoms with Crippen LogP contribution < -0.4 is 5.73 Å². The number of amides is 1. The van der Waals surface area contributed by atoms with Crippen LogP contribution in [0.5, 0.6) is 0 Å². The second-order valence-electron chi connectivity index (χ2n) is 4.20. The Kier molecular flexibility index (Phi) is 4.11. The third kappa shape index (κ3) is 2.97. The minimum atomic E-state index is -0.0931. The van der Waals surface area contributed by atoms with Gasteiger partial charge in [0.25, 0.3) is 5.91 Å². The number of carbonyl (C=O) groups excluding carboxylic acids is 1. The standard InChI is InChI=1S/C13H17N3O/c1-9-8-11(15)4-5-12(9)13(17)16(3)10(2)6-7-14/h4-5,8,10H,6,15H2,1-3H3. The predicted molar refractivity (Wildman–Crippen MR) is 67.4 cm³/mol. The molecular weight excluding hydrogens is 214 g/mol. The molecule has 0 aromatic heterocycles. The molecule has 0 heterocycles. The number of rotatable bonds is 3. The quantitative estimate of drug-likeness (QED) is 0.808. The number of aryl methyl sites for hydroxylation is 1. The molecule has 0 radical (unpaired) electrons. The summed E-state index contributed by atoms with van der Waals surface area (Å²) in [6.07, 6.45) is 0.330. The zero-order chi connectivity index (χ0) is 13.0. The van der Waals surface area contributed by atoms with Crippen LogP contribution in [0.3, 0.4) is 0 Å². The number of nitrogen functional groups attached to an aromatic ring is 1. The Balaban J connectivity index is 2.93. The molecule has 1 aromatic carbocycles. The Bertz CT molecular complexity index is 462. The van der Waals surface area contributed by atoms with Crippen LogP contribution in [0.25, 0.3) is 0 Å². The van der Waals surface area contributed by atoms with Gasteiger partial charge in [0, 0.05) is 24.3 Å². The molecule has 0 aliphatic carbocycles. The summed E-state index contributed by atoms with van der Waals surface area (Å²) in [4.78, 5) is 13.8. The lowest BCUT2D eigenvalue weighted by Crippen LogP contribution is -2.35.